The monoisotopic (exact) mass is 366 g/mol. The number of rotatable bonds is 4. The number of carbonyl (C=O) groups excluding carboxylic acids is 1. The molecular weight excluding hydrogens is 336 g/mol. The molecule has 2 aromatic rings. The molecule has 1 N–H and O–H groups in total. The van der Waals surface area contributed by atoms with E-state index in [-0.39, 0.29) is 23.3 Å². The van der Waals surface area contributed by atoms with E-state index in [9.17, 15) is 4.79 Å². The number of aromatic nitrogens is 2. The maximum absolute atomic E-state index is 13.0. The Labute approximate surface area is 162 Å². The van der Waals surface area contributed by atoms with Gasteiger partial charge in [-0.05, 0) is 30.7 Å². The molecule has 3 rings (SSSR count). The highest BCUT2D eigenvalue weighted by Crippen LogP contribution is 2.34. The largest absolute Gasteiger partial charge is 0.355 e. The van der Waals surface area contributed by atoms with Crippen molar-refractivity contribution in [2.24, 2.45) is 11.3 Å². The highest BCUT2D eigenvalue weighted by Gasteiger charge is 2.32. The van der Waals surface area contributed by atoms with Crippen molar-refractivity contribution in [3.05, 3.63) is 54.0 Å². The fraction of sp³-hybridized carbons (Fsp3) is 0.500. The van der Waals surface area contributed by atoms with Gasteiger partial charge < -0.3 is 10.2 Å². The van der Waals surface area contributed by atoms with Crippen LogP contribution < -0.4 is 10.2 Å². The quantitative estimate of drug-likeness (QED) is 0.891. The van der Waals surface area contributed by atoms with Gasteiger partial charge in [0, 0.05) is 31.4 Å². The first-order chi connectivity index (χ1) is 12.8. The Bertz CT molecular complexity index is 761. The Balaban J connectivity index is 1.65. The summed E-state index contributed by atoms with van der Waals surface area (Å²) in [5.41, 5.74) is 2.34. The maximum Gasteiger partial charge on any atom is 0.223 e. The second kappa shape index (κ2) is 8.07. The summed E-state index contributed by atoms with van der Waals surface area (Å²) in [6, 6.07) is 8.44. The molecule has 27 heavy (non-hydrogen) atoms. The summed E-state index contributed by atoms with van der Waals surface area (Å²) < 4.78 is 0. The molecule has 1 saturated heterocycles. The lowest BCUT2D eigenvalue weighted by atomic mass is 9.81. The Kier molecular flexibility index (Phi) is 5.78. The lowest BCUT2D eigenvalue weighted by molar-refractivity contribution is -0.127. The van der Waals surface area contributed by atoms with E-state index in [1.807, 2.05) is 0 Å². The number of anilines is 1. The standard InChI is InChI=1S/C22H30N4O/c1-16-6-5-7-18(14-16)20(22(2,3)4)25-21(27)17-8-12-26(13-9-17)19-15-23-10-11-24-19/h5-7,10-11,14-15,17,20H,8-9,12-13H2,1-4H3,(H,25,27). The molecule has 1 aromatic heterocycles. The van der Waals surface area contributed by atoms with Gasteiger partial charge in [-0.15, -0.1) is 0 Å². The van der Waals surface area contributed by atoms with E-state index in [0.29, 0.717) is 0 Å². The zero-order chi connectivity index (χ0) is 19.4. The van der Waals surface area contributed by atoms with Crippen molar-refractivity contribution in [2.45, 2.75) is 46.6 Å². The first-order valence-electron chi connectivity index (χ1n) is 9.72. The maximum atomic E-state index is 13.0. The molecule has 0 radical (unpaired) electrons. The highest BCUT2D eigenvalue weighted by atomic mass is 16.2. The van der Waals surface area contributed by atoms with Crippen LogP contribution in [0.4, 0.5) is 5.82 Å². The molecular formula is C22H30N4O. The Morgan fingerprint density at radius 2 is 1.96 bits per heavy atom. The van der Waals surface area contributed by atoms with E-state index < -0.39 is 0 Å². The normalized spacial score (nSPS) is 16.8. The molecule has 1 aromatic carbocycles. The molecule has 0 aliphatic carbocycles. The van der Waals surface area contributed by atoms with Gasteiger partial charge >= 0.3 is 0 Å². The smallest absolute Gasteiger partial charge is 0.223 e. The van der Waals surface area contributed by atoms with Gasteiger partial charge in [0.25, 0.3) is 0 Å². The van der Waals surface area contributed by atoms with Crippen LogP contribution in [-0.4, -0.2) is 29.0 Å². The van der Waals surface area contributed by atoms with Gasteiger partial charge in [0.2, 0.25) is 5.91 Å². The fourth-order valence-corrected chi connectivity index (χ4v) is 3.73. The van der Waals surface area contributed by atoms with E-state index in [1.165, 1.54) is 11.1 Å². The van der Waals surface area contributed by atoms with Crippen molar-refractivity contribution in [1.82, 2.24) is 15.3 Å². The van der Waals surface area contributed by atoms with E-state index >= 15 is 0 Å². The van der Waals surface area contributed by atoms with Gasteiger partial charge in [-0.3, -0.25) is 9.78 Å². The number of carbonyl (C=O) groups is 1. The van der Waals surface area contributed by atoms with Crippen LogP contribution in [0.5, 0.6) is 0 Å². The molecule has 1 unspecified atom stereocenters. The SMILES string of the molecule is Cc1cccc(C(NC(=O)C2CCN(c3cnccn3)CC2)C(C)(C)C)c1. The van der Waals surface area contributed by atoms with Crippen molar-refractivity contribution in [3.63, 3.8) is 0 Å². The summed E-state index contributed by atoms with van der Waals surface area (Å²) in [4.78, 5) is 23.7. The summed E-state index contributed by atoms with van der Waals surface area (Å²) in [7, 11) is 0. The zero-order valence-electron chi connectivity index (χ0n) is 16.8. The number of aryl methyl sites for hydroxylation is 1. The second-order valence-corrected chi connectivity index (χ2v) is 8.55. The lowest BCUT2D eigenvalue weighted by Gasteiger charge is -2.36. The van der Waals surface area contributed by atoms with E-state index in [0.717, 1.165) is 31.7 Å². The molecule has 2 heterocycles. The second-order valence-electron chi connectivity index (χ2n) is 8.55. The molecule has 5 nitrogen and oxygen atoms in total. The van der Waals surface area contributed by atoms with Crippen molar-refractivity contribution < 1.29 is 4.79 Å². The minimum absolute atomic E-state index is 0.00270. The van der Waals surface area contributed by atoms with Crippen molar-refractivity contribution in [2.75, 3.05) is 18.0 Å². The molecule has 0 saturated carbocycles. The number of amides is 1. The van der Waals surface area contributed by atoms with Gasteiger partial charge in [0.1, 0.15) is 5.82 Å². The molecule has 1 atom stereocenters. The van der Waals surface area contributed by atoms with Crippen LogP contribution in [-0.2, 0) is 4.79 Å². The van der Waals surface area contributed by atoms with Gasteiger partial charge in [0.15, 0.2) is 0 Å². The topological polar surface area (TPSA) is 58.1 Å². The molecule has 0 bridgehead atoms. The predicted molar refractivity (Wildman–Crippen MR) is 108 cm³/mol. The highest BCUT2D eigenvalue weighted by molar-refractivity contribution is 5.79. The Hall–Kier alpha value is -2.43. The summed E-state index contributed by atoms with van der Waals surface area (Å²) in [5.74, 6) is 1.10. The van der Waals surface area contributed by atoms with Crippen LogP contribution in [0, 0.1) is 18.3 Å². The number of nitrogens with one attached hydrogen (secondary N) is 1. The first-order valence-corrected chi connectivity index (χ1v) is 9.72. The first kappa shape index (κ1) is 19.3. The summed E-state index contributed by atoms with van der Waals surface area (Å²) in [6.45, 7) is 10.3. The number of benzene rings is 1. The Morgan fingerprint density at radius 1 is 1.22 bits per heavy atom. The van der Waals surface area contributed by atoms with Crippen LogP contribution in [0.1, 0.15) is 50.8 Å². The minimum Gasteiger partial charge on any atom is -0.355 e. The number of nitrogens with zero attached hydrogens (tertiary/aromatic N) is 3. The lowest BCUT2D eigenvalue weighted by Crippen LogP contribution is -2.44. The Morgan fingerprint density at radius 3 is 2.56 bits per heavy atom. The third kappa shape index (κ3) is 4.85. The molecule has 1 amide bonds. The molecule has 1 aliphatic heterocycles. The van der Waals surface area contributed by atoms with Gasteiger partial charge in [-0.1, -0.05) is 50.6 Å². The molecule has 1 aliphatic rings. The van der Waals surface area contributed by atoms with E-state index in [1.54, 1.807) is 18.6 Å². The van der Waals surface area contributed by atoms with Crippen molar-refractivity contribution in [1.29, 1.82) is 0 Å². The van der Waals surface area contributed by atoms with Crippen LogP contribution in [0.3, 0.4) is 0 Å². The van der Waals surface area contributed by atoms with Crippen LogP contribution >= 0.6 is 0 Å². The van der Waals surface area contributed by atoms with Gasteiger partial charge in [-0.25, -0.2) is 4.98 Å². The summed E-state index contributed by atoms with van der Waals surface area (Å²) >= 11 is 0. The number of hydrogen-bond acceptors (Lipinski definition) is 4. The van der Waals surface area contributed by atoms with Crippen LogP contribution in [0.15, 0.2) is 42.9 Å². The van der Waals surface area contributed by atoms with Gasteiger partial charge in [0.05, 0.1) is 12.2 Å². The molecule has 5 heteroatoms. The minimum atomic E-state index is -0.0518. The van der Waals surface area contributed by atoms with E-state index in [2.05, 4.69) is 72.1 Å². The fourth-order valence-electron chi connectivity index (χ4n) is 3.73. The molecule has 0 spiro atoms. The van der Waals surface area contributed by atoms with E-state index in [4.69, 9.17) is 0 Å². The average molecular weight is 367 g/mol. The predicted octanol–water partition coefficient (Wildman–Crippen LogP) is 3.91. The third-order valence-corrected chi connectivity index (χ3v) is 5.27. The average Bonchev–Trinajstić information content (AvgIpc) is 2.66. The summed E-state index contributed by atoms with van der Waals surface area (Å²) in [6.07, 6.45) is 6.86. The van der Waals surface area contributed by atoms with Crippen LogP contribution in [0.2, 0.25) is 0 Å². The number of hydrogen-bond donors (Lipinski definition) is 1. The zero-order valence-corrected chi connectivity index (χ0v) is 16.8. The number of piperidine rings is 1. The third-order valence-electron chi connectivity index (χ3n) is 5.27. The molecule has 144 valence electrons. The van der Waals surface area contributed by atoms with Gasteiger partial charge in [-0.2, -0.15) is 0 Å². The van der Waals surface area contributed by atoms with Crippen molar-refractivity contribution in [3.8, 4) is 0 Å². The summed E-state index contributed by atoms with van der Waals surface area (Å²) in [5, 5.41) is 3.34. The molecule has 1 fully saturated rings. The van der Waals surface area contributed by atoms with Crippen LogP contribution in [0.25, 0.3) is 0 Å². The van der Waals surface area contributed by atoms with Crippen molar-refractivity contribution >= 4 is 11.7 Å².